The number of nitrogens with zero attached hydrogens (tertiary/aromatic N) is 4. The zero-order valence-electron chi connectivity index (χ0n) is 11.3. The number of pyridine rings is 1. The predicted octanol–water partition coefficient (Wildman–Crippen LogP) is 2.36. The molecule has 0 aliphatic carbocycles. The molecule has 3 rings (SSSR count). The van der Waals surface area contributed by atoms with E-state index in [1.807, 2.05) is 41.3 Å². The molecule has 1 saturated heterocycles. The number of amides is 2. The second-order valence-electron chi connectivity index (χ2n) is 4.78. The van der Waals surface area contributed by atoms with E-state index in [0.29, 0.717) is 4.80 Å². The molecule has 0 unspecified atom stereocenters. The highest BCUT2D eigenvalue weighted by atomic mass is 32.1. The summed E-state index contributed by atoms with van der Waals surface area (Å²) in [4.78, 5) is 23.3. The Balaban J connectivity index is 1.95. The van der Waals surface area contributed by atoms with E-state index in [9.17, 15) is 4.79 Å². The van der Waals surface area contributed by atoms with Crippen molar-refractivity contribution >= 4 is 17.4 Å². The number of likely N-dealkylation sites (tertiary alicyclic amines) is 1. The predicted molar refractivity (Wildman–Crippen MR) is 77.9 cm³/mol. The SMILES string of the molecule is Cc1cccc(-n2ccs/c2=N\C(=O)N2CCCC2)n1. The van der Waals surface area contributed by atoms with E-state index in [0.717, 1.165) is 37.4 Å². The van der Waals surface area contributed by atoms with Gasteiger partial charge in [-0.25, -0.2) is 9.78 Å². The molecule has 1 aliphatic rings. The summed E-state index contributed by atoms with van der Waals surface area (Å²) in [7, 11) is 0. The van der Waals surface area contributed by atoms with E-state index in [1.165, 1.54) is 11.3 Å². The van der Waals surface area contributed by atoms with Crippen LogP contribution in [0.5, 0.6) is 0 Å². The Kier molecular flexibility index (Phi) is 3.64. The molecule has 104 valence electrons. The van der Waals surface area contributed by atoms with Crippen molar-refractivity contribution in [3.8, 4) is 5.82 Å². The fourth-order valence-corrected chi connectivity index (χ4v) is 2.95. The van der Waals surface area contributed by atoms with E-state index < -0.39 is 0 Å². The van der Waals surface area contributed by atoms with Gasteiger partial charge in [0, 0.05) is 30.4 Å². The second-order valence-corrected chi connectivity index (χ2v) is 5.65. The van der Waals surface area contributed by atoms with Crippen molar-refractivity contribution in [2.45, 2.75) is 19.8 Å². The molecule has 0 saturated carbocycles. The Labute approximate surface area is 121 Å². The number of aromatic nitrogens is 2. The van der Waals surface area contributed by atoms with Crippen LogP contribution in [0.3, 0.4) is 0 Å². The van der Waals surface area contributed by atoms with Gasteiger partial charge in [-0.2, -0.15) is 4.99 Å². The first-order valence-electron chi connectivity index (χ1n) is 6.68. The summed E-state index contributed by atoms with van der Waals surface area (Å²) in [5.74, 6) is 0.791. The maximum Gasteiger partial charge on any atom is 0.346 e. The highest BCUT2D eigenvalue weighted by Crippen LogP contribution is 2.09. The summed E-state index contributed by atoms with van der Waals surface area (Å²) in [6.07, 6.45) is 4.04. The molecule has 2 aromatic rings. The smallest absolute Gasteiger partial charge is 0.323 e. The Bertz CT molecular complexity index is 682. The molecular weight excluding hydrogens is 272 g/mol. The molecule has 20 heavy (non-hydrogen) atoms. The monoisotopic (exact) mass is 288 g/mol. The Morgan fingerprint density at radius 2 is 2.15 bits per heavy atom. The quantitative estimate of drug-likeness (QED) is 0.809. The molecule has 0 N–H and O–H groups in total. The number of aryl methyl sites for hydroxylation is 1. The largest absolute Gasteiger partial charge is 0.346 e. The third-order valence-electron chi connectivity index (χ3n) is 3.28. The highest BCUT2D eigenvalue weighted by molar-refractivity contribution is 7.07. The lowest BCUT2D eigenvalue weighted by Gasteiger charge is -2.10. The van der Waals surface area contributed by atoms with Crippen LogP contribution in [0.4, 0.5) is 4.79 Å². The van der Waals surface area contributed by atoms with Gasteiger partial charge in [0.25, 0.3) is 0 Å². The maximum absolute atomic E-state index is 12.1. The molecule has 0 atom stereocenters. The summed E-state index contributed by atoms with van der Waals surface area (Å²) in [5, 5.41) is 1.92. The maximum atomic E-state index is 12.1. The molecule has 0 bridgehead atoms. The van der Waals surface area contributed by atoms with Crippen molar-refractivity contribution in [1.29, 1.82) is 0 Å². The van der Waals surface area contributed by atoms with Gasteiger partial charge in [0.2, 0.25) is 0 Å². The van der Waals surface area contributed by atoms with Crippen molar-refractivity contribution in [1.82, 2.24) is 14.5 Å². The highest BCUT2D eigenvalue weighted by Gasteiger charge is 2.17. The lowest BCUT2D eigenvalue weighted by Crippen LogP contribution is -2.27. The number of rotatable bonds is 1. The van der Waals surface area contributed by atoms with Crippen LogP contribution >= 0.6 is 11.3 Å². The van der Waals surface area contributed by atoms with Crippen molar-refractivity contribution in [2.75, 3.05) is 13.1 Å². The zero-order valence-corrected chi connectivity index (χ0v) is 12.1. The third kappa shape index (κ3) is 2.65. The van der Waals surface area contributed by atoms with Gasteiger partial charge >= 0.3 is 6.03 Å². The number of urea groups is 1. The molecule has 6 heteroatoms. The number of carbonyl (C=O) groups is 1. The van der Waals surface area contributed by atoms with E-state index >= 15 is 0 Å². The Morgan fingerprint density at radius 3 is 2.90 bits per heavy atom. The topological polar surface area (TPSA) is 50.5 Å². The summed E-state index contributed by atoms with van der Waals surface area (Å²) >= 11 is 1.45. The second kappa shape index (κ2) is 5.58. The van der Waals surface area contributed by atoms with Gasteiger partial charge in [-0.3, -0.25) is 4.57 Å². The Hall–Kier alpha value is -1.95. The molecule has 5 nitrogen and oxygen atoms in total. The summed E-state index contributed by atoms with van der Waals surface area (Å²) in [5.41, 5.74) is 0.943. The number of thiazole rings is 1. The molecule has 3 heterocycles. The van der Waals surface area contributed by atoms with Crippen molar-refractivity contribution in [3.63, 3.8) is 0 Å². The van der Waals surface area contributed by atoms with Crippen molar-refractivity contribution in [2.24, 2.45) is 4.99 Å². The third-order valence-corrected chi connectivity index (χ3v) is 4.03. The van der Waals surface area contributed by atoms with E-state index in [-0.39, 0.29) is 6.03 Å². The standard InChI is InChI=1S/C14H16N4OS/c1-11-5-4-6-12(15-11)18-9-10-20-14(18)16-13(19)17-7-2-3-8-17/h4-6,9-10H,2-3,7-8H2,1H3/b16-14-. The van der Waals surface area contributed by atoms with Crippen LogP contribution in [0, 0.1) is 6.92 Å². The molecule has 2 amide bonds. The lowest BCUT2D eigenvalue weighted by atomic mass is 10.4. The van der Waals surface area contributed by atoms with Crippen LogP contribution in [0.1, 0.15) is 18.5 Å². The minimum absolute atomic E-state index is 0.147. The molecule has 0 spiro atoms. The Morgan fingerprint density at radius 1 is 1.35 bits per heavy atom. The van der Waals surface area contributed by atoms with E-state index in [1.54, 1.807) is 4.90 Å². The van der Waals surface area contributed by atoms with E-state index in [2.05, 4.69) is 9.98 Å². The first-order valence-corrected chi connectivity index (χ1v) is 7.56. The summed E-state index contributed by atoms with van der Waals surface area (Å²) in [6, 6.07) is 5.67. The molecule has 1 fully saturated rings. The average molecular weight is 288 g/mol. The molecule has 0 radical (unpaired) electrons. The normalized spacial score (nSPS) is 15.8. The van der Waals surface area contributed by atoms with Gasteiger partial charge in [-0.05, 0) is 31.9 Å². The number of carbonyl (C=O) groups excluding carboxylic acids is 1. The fraction of sp³-hybridized carbons (Fsp3) is 0.357. The van der Waals surface area contributed by atoms with Gasteiger partial charge < -0.3 is 4.90 Å². The van der Waals surface area contributed by atoms with E-state index in [4.69, 9.17) is 0 Å². The lowest BCUT2D eigenvalue weighted by molar-refractivity contribution is 0.218. The molecule has 1 aliphatic heterocycles. The van der Waals surface area contributed by atoms with Gasteiger partial charge in [0.05, 0.1) is 0 Å². The van der Waals surface area contributed by atoms with Gasteiger partial charge in [0.1, 0.15) is 5.82 Å². The zero-order chi connectivity index (χ0) is 13.9. The molecule has 2 aromatic heterocycles. The van der Waals surface area contributed by atoms with Crippen LogP contribution in [0.15, 0.2) is 34.8 Å². The molecular formula is C14H16N4OS. The minimum Gasteiger partial charge on any atom is -0.323 e. The minimum atomic E-state index is -0.147. The first-order chi connectivity index (χ1) is 9.74. The van der Waals surface area contributed by atoms with Crippen LogP contribution < -0.4 is 4.80 Å². The average Bonchev–Trinajstić information content (AvgIpc) is 3.09. The van der Waals surface area contributed by atoms with Crippen molar-refractivity contribution in [3.05, 3.63) is 40.3 Å². The first kappa shape index (κ1) is 13.1. The van der Waals surface area contributed by atoms with Crippen LogP contribution in [0.2, 0.25) is 0 Å². The molecule has 0 aromatic carbocycles. The number of hydrogen-bond donors (Lipinski definition) is 0. The van der Waals surface area contributed by atoms with Crippen LogP contribution in [-0.4, -0.2) is 33.6 Å². The summed E-state index contributed by atoms with van der Waals surface area (Å²) < 4.78 is 1.85. The van der Waals surface area contributed by atoms with Crippen molar-refractivity contribution < 1.29 is 4.79 Å². The van der Waals surface area contributed by atoms with Crippen LogP contribution in [0.25, 0.3) is 5.82 Å². The van der Waals surface area contributed by atoms with Gasteiger partial charge in [-0.1, -0.05) is 6.07 Å². The summed E-state index contributed by atoms with van der Waals surface area (Å²) in [6.45, 7) is 3.58. The van der Waals surface area contributed by atoms with Gasteiger partial charge in [-0.15, -0.1) is 11.3 Å². The fourth-order valence-electron chi connectivity index (χ4n) is 2.25. The van der Waals surface area contributed by atoms with Gasteiger partial charge in [0.15, 0.2) is 4.80 Å². The van der Waals surface area contributed by atoms with Crippen LogP contribution in [-0.2, 0) is 0 Å². The number of hydrogen-bond acceptors (Lipinski definition) is 3.